The molecule has 10 nitrogen and oxygen atoms in total. The van der Waals surface area contributed by atoms with Crippen LogP contribution in [0.1, 0.15) is 10.4 Å². The van der Waals surface area contributed by atoms with Crippen LogP contribution in [0.25, 0.3) is 0 Å². The van der Waals surface area contributed by atoms with Crippen LogP contribution in [0.15, 0.2) is 35.7 Å². The number of halogens is 1. The molecule has 1 aliphatic heterocycles. The predicted molar refractivity (Wildman–Crippen MR) is 98.0 cm³/mol. The first-order valence-electron chi connectivity index (χ1n) is 8.49. The van der Waals surface area contributed by atoms with Crippen molar-refractivity contribution in [3.63, 3.8) is 0 Å². The molecule has 3 amide bonds. The van der Waals surface area contributed by atoms with Gasteiger partial charge in [-0.05, 0) is 18.2 Å². The van der Waals surface area contributed by atoms with Crippen LogP contribution < -0.4 is 10.6 Å². The van der Waals surface area contributed by atoms with E-state index in [0.29, 0.717) is 0 Å². The molecule has 0 unspecified atom stereocenters. The van der Waals surface area contributed by atoms with E-state index >= 15 is 0 Å². The number of benzene rings is 1. The third-order valence-electron chi connectivity index (χ3n) is 3.76. The molecule has 2 N–H and O–H groups in total. The van der Waals surface area contributed by atoms with E-state index in [0.717, 1.165) is 22.5 Å². The second kappa shape index (κ2) is 10.1. The Morgan fingerprint density at radius 3 is 2.62 bits per heavy atom. The predicted octanol–water partition coefficient (Wildman–Crippen LogP) is 0.0152. The Labute approximate surface area is 166 Å². The maximum Gasteiger partial charge on any atom is 0.341 e. The Hall–Kier alpha value is -2.83. The van der Waals surface area contributed by atoms with Crippen LogP contribution >= 0.6 is 0 Å². The van der Waals surface area contributed by atoms with Gasteiger partial charge in [-0.1, -0.05) is 6.08 Å². The number of esters is 1. The highest BCUT2D eigenvalue weighted by Gasteiger charge is 2.28. The Balaban J connectivity index is 2.05. The smallest absolute Gasteiger partial charge is 0.341 e. The molecule has 158 valence electrons. The lowest BCUT2D eigenvalue weighted by molar-refractivity contribution is -0.123. The largest absolute Gasteiger partial charge is 0.452 e. The number of sulfonamides is 1. The number of nitrogens with one attached hydrogen (secondary N) is 2. The van der Waals surface area contributed by atoms with E-state index in [-0.39, 0.29) is 37.7 Å². The minimum atomic E-state index is -3.95. The third kappa shape index (κ3) is 6.07. The molecule has 12 heteroatoms. The molecule has 1 saturated heterocycles. The lowest BCUT2D eigenvalue weighted by Gasteiger charge is -2.26. The van der Waals surface area contributed by atoms with Crippen LogP contribution in [0.2, 0.25) is 0 Å². The van der Waals surface area contributed by atoms with Gasteiger partial charge in [0.25, 0.3) is 5.91 Å². The van der Waals surface area contributed by atoms with E-state index in [2.05, 4.69) is 16.6 Å². The molecule has 0 radical (unpaired) electrons. The number of urea groups is 1. The zero-order chi connectivity index (χ0) is 21.4. The van der Waals surface area contributed by atoms with Crippen LogP contribution in [0.5, 0.6) is 0 Å². The van der Waals surface area contributed by atoms with Crippen molar-refractivity contribution in [3.05, 3.63) is 42.2 Å². The van der Waals surface area contributed by atoms with Gasteiger partial charge in [-0.15, -0.1) is 6.58 Å². The van der Waals surface area contributed by atoms with Crippen molar-refractivity contribution in [1.29, 1.82) is 0 Å². The first-order valence-corrected chi connectivity index (χ1v) is 9.93. The average Bonchev–Trinajstić information content (AvgIpc) is 2.71. The fourth-order valence-electron chi connectivity index (χ4n) is 2.34. The standard InChI is InChI=1S/C17H20FN3O7S/c1-2-5-19-17(24)20-15(22)11-28-16(23)13-10-12(3-4-14(13)18)29(25,26)21-6-8-27-9-7-21/h2-4,10H,1,5-9,11H2,(H2,19,20,22,24). The van der Waals surface area contributed by atoms with Gasteiger partial charge in [-0.25, -0.2) is 22.4 Å². The SMILES string of the molecule is C=CCNC(=O)NC(=O)COC(=O)c1cc(S(=O)(=O)N2CCOCC2)ccc1F. The van der Waals surface area contributed by atoms with Crippen molar-refractivity contribution in [2.24, 2.45) is 0 Å². The fraction of sp³-hybridized carbons (Fsp3) is 0.353. The summed E-state index contributed by atoms with van der Waals surface area (Å²) in [6.45, 7) is 3.36. The van der Waals surface area contributed by atoms with Crippen molar-refractivity contribution in [2.45, 2.75) is 4.90 Å². The molecular weight excluding hydrogens is 409 g/mol. The molecule has 1 aliphatic rings. The normalized spacial score (nSPS) is 14.7. The molecule has 1 heterocycles. The number of nitrogens with zero attached hydrogens (tertiary/aromatic N) is 1. The molecule has 0 saturated carbocycles. The Kier molecular flexibility index (Phi) is 7.82. The van der Waals surface area contributed by atoms with Crippen molar-refractivity contribution < 1.29 is 36.7 Å². The summed E-state index contributed by atoms with van der Waals surface area (Å²) in [6.07, 6.45) is 1.39. The maximum absolute atomic E-state index is 14.0. The zero-order valence-corrected chi connectivity index (χ0v) is 16.2. The van der Waals surface area contributed by atoms with E-state index in [4.69, 9.17) is 4.74 Å². The van der Waals surface area contributed by atoms with E-state index < -0.39 is 45.9 Å². The summed E-state index contributed by atoms with van der Waals surface area (Å²) in [4.78, 5) is 34.7. The van der Waals surface area contributed by atoms with Crippen LogP contribution in [-0.4, -0.2) is 70.1 Å². The molecule has 0 bridgehead atoms. The summed E-state index contributed by atoms with van der Waals surface area (Å²) in [5.74, 6) is -3.21. The van der Waals surface area contributed by atoms with Gasteiger partial charge in [-0.3, -0.25) is 10.1 Å². The minimum Gasteiger partial charge on any atom is -0.452 e. The van der Waals surface area contributed by atoms with Crippen molar-refractivity contribution in [1.82, 2.24) is 14.9 Å². The van der Waals surface area contributed by atoms with E-state index in [1.807, 2.05) is 5.32 Å². The van der Waals surface area contributed by atoms with E-state index in [1.54, 1.807) is 0 Å². The Bertz CT molecular complexity index is 898. The maximum atomic E-state index is 14.0. The molecule has 0 aliphatic carbocycles. The molecular formula is C17H20FN3O7S. The summed E-state index contributed by atoms with van der Waals surface area (Å²) < 4.78 is 50.2. The second-order valence-electron chi connectivity index (χ2n) is 5.78. The highest BCUT2D eigenvalue weighted by atomic mass is 32.2. The number of morpholine rings is 1. The van der Waals surface area contributed by atoms with Crippen molar-refractivity contribution >= 4 is 27.9 Å². The van der Waals surface area contributed by atoms with E-state index in [9.17, 15) is 27.2 Å². The van der Waals surface area contributed by atoms with Crippen LogP contribution in [0, 0.1) is 5.82 Å². The van der Waals surface area contributed by atoms with Crippen LogP contribution in [-0.2, 0) is 24.3 Å². The number of carbonyl (C=O) groups excluding carboxylic acids is 3. The monoisotopic (exact) mass is 429 g/mol. The zero-order valence-electron chi connectivity index (χ0n) is 15.4. The van der Waals surface area contributed by atoms with Crippen LogP contribution in [0.4, 0.5) is 9.18 Å². The van der Waals surface area contributed by atoms with Gasteiger partial charge in [0.05, 0.1) is 23.7 Å². The summed E-state index contributed by atoms with van der Waals surface area (Å²) in [5.41, 5.74) is -0.650. The first-order chi connectivity index (χ1) is 13.8. The number of amides is 3. The van der Waals surface area contributed by atoms with Gasteiger partial charge < -0.3 is 14.8 Å². The van der Waals surface area contributed by atoms with Gasteiger partial charge in [-0.2, -0.15) is 4.31 Å². The van der Waals surface area contributed by atoms with Gasteiger partial charge in [0, 0.05) is 19.6 Å². The Morgan fingerprint density at radius 1 is 1.28 bits per heavy atom. The molecule has 0 spiro atoms. The summed E-state index contributed by atoms with van der Waals surface area (Å²) in [7, 11) is -3.95. The number of carbonyl (C=O) groups is 3. The van der Waals surface area contributed by atoms with Crippen molar-refractivity contribution in [2.75, 3.05) is 39.5 Å². The lowest BCUT2D eigenvalue weighted by Crippen LogP contribution is -2.41. The lowest BCUT2D eigenvalue weighted by atomic mass is 10.2. The molecule has 1 aromatic rings. The molecule has 0 atom stereocenters. The summed E-state index contributed by atoms with van der Waals surface area (Å²) >= 11 is 0. The number of rotatable bonds is 7. The van der Waals surface area contributed by atoms with Gasteiger partial charge >= 0.3 is 12.0 Å². The van der Waals surface area contributed by atoms with Crippen molar-refractivity contribution in [3.8, 4) is 0 Å². The highest BCUT2D eigenvalue weighted by molar-refractivity contribution is 7.89. The molecule has 1 fully saturated rings. The summed E-state index contributed by atoms with van der Waals surface area (Å²) in [5, 5.41) is 4.17. The minimum absolute atomic E-state index is 0.120. The quantitative estimate of drug-likeness (QED) is 0.461. The molecule has 2 rings (SSSR count). The number of ether oxygens (including phenoxy) is 2. The van der Waals surface area contributed by atoms with Crippen LogP contribution in [0.3, 0.4) is 0 Å². The number of imide groups is 1. The van der Waals surface area contributed by atoms with Gasteiger partial charge in [0.2, 0.25) is 10.0 Å². The number of hydrogen-bond acceptors (Lipinski definition) is 7. The highest BCUT2D eigenvalue weighted by Crippen LogP contribution is 2.20. The molecule has 29 heavy (non-hydrogen) atoms. The molecule has 1 aromatic carbocycles. The Morgan fingerprint density at radius 2 is 1.97 bits per heavy atom. The average molecular weight is 429 g/mol. The van der Waals surface area contributed by atoms with Gasteiger partial charge in [0.15, 0.2) is 6.61 Å². The second-order valence-corrected chi connectivity index (χ2v) is 7.72. The molecule has 0 aromatic heterocycles. The topological polar surface area (TPSA) is 131 Å². The fourth-order valence-corrected chi connectivity index (χ4v) is 3.77. The number of hydrogen-bond donors (Lipinski definition) is 2. The first kappa shape index (κ1) is 22.5. The third-order valence-corrected chi connectivity index (χ3v) is 5.65. The summed E-state index contributed by atoms with van der Waals surface area (Å²) in [6, 6.07) is 1.88. The van der Waals surface area contributed by atoms with Gasteiger partial charge in [0.1, 0.15) is 5.82 Å². The van der Waals surface area contributed by atoms with E-state index in [1.165, 1.54) is 6.08 Å².